The molecule has 4 nitrogen and oxygen atoms in total. The average Bonchev–Trinajstić information content (AvgIpc) is 2.44. The van der Waals surface area contributed by atoms with Crippen molar-refractivity contribution in [2.75, 3.05) is 30.7 Å². The van der Waals surface area contributed by atoms with Gasteiger partial charge in [0.25, 0.3) is 5.91 Å². The van der Waals surface area contributed by atoms with Gasteiger partial charge in [-0.3, -0.25) is 4.79 Å². The third-order valence-electron chi connectivity index (χ3n) is 3.28. The molecule has 1 aliphatic rings. The minimum absolute atomic E-state index is 0.0907. The number of aromatic nitrogens is 1. The Hall–Kier alpha value is -1.23. The minimum Gasteiger partial charge on any atom is -0.370 e. The molecule has 0 aliphatic carbocycles. The van der Waals surface area contributed by atoms with Crippen molar-refractivity contribution >= 4 is 23.5 Å². The van der Waals surface area contributed by atoms with Crippen LogP contribution in [0.15, 0.2) is 18.3 Å². The lowest BCUT2D eigenvalue weighted by molar-refractivity contribution is 0.0747. The van der Waals surface area contributed by atoms with Crippen LogP contribution in [-0.4, -0.2) is 45.9 Å². The zero-order chi connectivity index (χ0) is 14.6. The van der Waals surface area contributed by atoms with E-state index in [-0.39, 0.29) is 10.7 Å². The number of carbonyl (C=O) groups excluding carboxylic acids is 1. The number of pyridine rings is 1. The van der Waals surface area contributed by atoms with Crippen LogP contribution in [0.25, 0.3) is 0 Å². The molecule has 1 saturated heterocycles. The first kappa shape index (κ1) is 15.2. The lowest BCUT2D eigenvalue weighted by Gasteiger charge is -2.37. The third-order valence-corrected chi connectivity index (χ3v) is 4.58. The molecule has 1 aromatic rings. The van der Waals surface area contributed by atoms with Crippen LogP contribution in [0, 0.1) is 0 Å². The summed E-state index contributed by atoms with van der Waals surface area (Å²) in [5.74, 6) is 1.92. The monoisotopic (exact) mass is 293 g/mol. The number of nitrogens with one attached hydrogen (secondary N) is 1. The SMILES string of the molecule is CCCNc1ccc(C(=O)N2CCSC(C)(C)C2)cn1. The molecule has 0 saturated carbocycles. The van der Waals surface area contributed by atoms with Crippen molar-refractivity contribution in [2.24, 2.45) is 0 Å². The van der Waals surface area contributed by atoms with E-state index in [9.17, 15) is 4.79 Å². The van der Waals surface area contributed by atoms with Crippen molar-refractivity contribution in [1.29, 1.82) is 0 Å². The van der Waals surface area contributed by atoms with Gasteiger partial charge in [-0.1, -0.05) is 6.92 Å². The summed E-state index contributed by atoms with van der Waals surface area (Å²) >= 11 is 1.93. The van der Waals surface area contributed by atoms with Crippen molar-refractivity contribution in [3.63, 3.8) is 0 Å². The molecule has 110 valence electrons. The standard InChI is InChI=1S/C15H23N3OS/c1-4-7-16-13-6-5-12(10-17-13)14(19)18-8-9-20-15(2,3)11-18/h5-6,10H,4,7-9,11H2,1-3H3,(H,16,17). The molecule has 2 rings (SSSR count). The molecule has 0 bridgehead atoms. The fraction of sp³-hybridized carbons (Fsp3) is 0.600. The van der Waals surface area contributed by atoms with E-state index >= 15 is 0 Å². The highest BCUT2D eigenvalue weighted by Crippen LogP contribution is 2.30. The van der Waals surface area contributed by atoms with E-state index < -0.39 is 0 Å². The molecule has 0 spiro atoms. The van der Waals surface area contributed by atoms with E-state index in [1.54, 1.807) is 6.20 Å². The Morgan fingerprint density at radius 1 is 1.50 bits per heavy atom. The van der Waals surface area contributed by atoms with Gasteiger partial charge >= 0.3 is 0 Å². The number of hydrogen-bond donors (Lipinski definition) is 1. The molecular weight excluding hydrogens is 270 g/mol. The van der Waals surface area contributed by atoms with Crippen molar-refractivity contribution in [2.45, 2.75) is 31.9 Å². The van der Waals surface area contributed by atoms with Gasteiger partial charge in [0.1, 0.15) is 5.82 Å². The molecule has 20 heavy (non-hydrogen) atoms. The van der Waals surface area contributed by atoms with E-state index in [1.165, 1.54) is 0 Å². The van der Waals surface area contributed by atoms with E-state index in [0.29, 0.717) is 5.56 Å². The first-order valence-corrected chi connectivity index (χ1v) is 8.13. The number of thioether (sulfide) groups is 1. The van der Waals surface area contributed by atoms with Gasteiger partial charge in [0.15, 0.2) is 0 Å². The quantitative estimate of drug-likeness (QED) is 0.927. The highest BCUT2D eigenvalue weighted by molar-refractivity contribution is 8.00. The summed E-state index contributed by atoms with van der Waals surface area (Å²) in [7, 11) is 0. The van der Waals surface area contributed by atoms with Crippen LogP contribution in [0.3, 0.4) is 0 Å². The van der Waals surface area contributed by atoms with E-state index in [2.05, 4.69) is 31.1 Å². The zero-order valence-corrected chi connectivity index (χ0v) is 13.3. The van der Waals surface area contributed by atoms with Gasteiger partial charge in [-0.2, -0.15) is 11.8 Å². The van der Waals surface area contributed by atoms with Crippen LogP contribution in [0.2, 0.25) is 0 Å². The second-order valence-electron chi connectivity index (χ2n) is 5.69. The van der Waals surface area contributed by atoms with Crippen molar-refractivity contribution in [1.82, 2.24) is 9.88 Å². The van der Waals surface area contributed by atoms with Crippen LogP contribution >= 0.6 is 11.8 Å². The molecule has 0 unspecified atom stereocenters. The number of hydrogen-bond acceptors (Lipinski definition) is 4. The molecule has 0 aromatic carbocycles. The molecule has 2 heterocycles. The fourth-order valence-electron chi connectivity index (χ4n) is 2.25. The molecule has 1 N–H and O–H groups in total. The van der Waals surface area contributed by atoms with Gasteiger partial charge in [-0.15, -0.1) is 0 Å². The van der Waals surface area contributed by atoms with Gasteiger partial charge < -0.3 is 10.2 Å². The summed E-state index contributed by atoms with van der Waals surface area (Å²) in [4.78, 5) is 18.7. The van der Waals surface area contributed by atoms with Crippen molar-refractivity contribution in [3.05, 3.63) is 23.9 Å². The van der Waals surface area contributed by atoms with E-state index in [4.69, 9.17) is 0 Å². The van der Waals surface area contributed by atoms with Crippen molar-refractivity contribution in [3.8, 4) is 0 Å². The molecule has 5 heteroatoms. The van der Waals surface area contributed by atoms with Gasteiger partial charge in [0, 0.05) is 36.3 Å². The summed E-state index contributed by atoms with van der Waals surface area (Å²) in [6.45, 7) is 9.01. The molecule has 0 atom stereocenters. The van der Waals surface area contributed by atoms with Gasteiger partial charge in [-0.05, 0) is 32.4 Å². The van der Waals surface area contributed by atoms with Gasteiger partial charge in [0.2, 0.25) is 0 Å². The predicted octanol–water partition coefficient (Wildman–Crippen LogP) is 2.87. The largest absolute Gasteiger partial charge is 0.370 e. The fourth-order valence-corrected chi connectivity index (χ4v) is 3.36. The Kier molecular flexibility index (Phi) is 4.91. The van der Waals surface area contributed by atoms with E-state index in [1.807, 2.05) is 28.8 Å². The normalized spacial score (nSPS) is 17.9. The van der Waals surface area contributed by atoms with Crippen LogP contribution in [-0.2, 0) is 0 Å². The second kappa shape index (κ2) is 6.48. The lowest BCUT2D eigenvalue weighted by atomic mass is 10.1. The summed E-state index contributed by atoms with van der Waals surface area (Å²) in [5.41, 5.74) is 0.676. The Balaban J connectivity index is 2.01. The Bertz CT molecular complexity index is 459. The van der Waals surface area contributed by atoms with E-state index in [0.717, 1.165) is 37.6 Å². The van der Waals surface area contributed by atoms with Gasteiger partial charge in [0.05, 0.1) is 5.56 Å². The Morgan fingerprint density at radius 2 is 2.30 bits per heavy atom. The van der Waals surface area contributed by atoms with Crippen LogP contribution < -0.4 is 5.32 Å². The summed E-state index contributed by atoms with van der Waals surface area (Å²) < 4.78 is 0.143. The van der Waals surface area contributed by atoms with Crippen LogP contribution in [0.4, 0.5) is 5.82 Å². The zero-order valence-electron chi connectivity index (χ0n) is 12.5. The number of carbonyl (C=O) groups is 1. The second-order valence-corrected chi connectivity index (χ2v) is 7.50. The summed E-state index contributed by atoms with van der Waals surface area (Å²) in [6, 6.07) is 3.74. The number of amides is 1. The predicted molar refractivity (Wildman–Crippen MR) is 85.5 cm³/mol. The highest BCUT2D eigenvalue weighted by Gasteiger charge is 2.30. The van der Waals surface area contributed by atoms with Crippen LogP contribution in [0.1, 0.15) is 37.6 Å². The Morgan fingerprint density at radius 3 is 2.90 bits per heavy atom. The van der Waals surface area contributed by atoms with Gasteiger partial charge in [-0.25, -0.2) is 4.98 Å². The lowest BCUT2D eigenvalue weighted by Crippen LogP contribution is -2.46. The third kappa shape index (κ3) is 3.88. The van der Waals surface area contributed by atoms with Crippen molar-refractivity contribution < 1.29 is 4.79 Å². The molecule has 1 aromatic heterocycles. The number of rotatable bonds is 4. The molecule has 1 aliphatic heterocycles. The molecule has 0 radical (unpaired) electrons. The summed E-state index contributed by atoms with van der Waals surface area (Å²) in [5, 5.41) is 3.21. The first-order valence-electron chi connectivity index (χ1n) is 7.15. The summed E-state index contributed by atoms with van der Waals surface area (Å²) in [6.07, 6.45) is 2.73. The first-order chi connectivity index (χ1) is 9.52. The molecule has 1 fully saturated rings. The van der Waals surface area contributed by atoms with Crippen LogP contribution in [0.5, 0.6) is 0 Å². The minimum atomic E-state index is 0.0907. The topological polar surface area (TPSA) is 45.2 Å². The number of anilines is 1. The number of nitrogens with zero attached hydrogens (tertiary/aromatic N) is 2. The average molecular weight is 293 g/mol. The maximum absolute atomic E-state index is 12.5. The maximum Gasteiger partial charge on any atom is 0.255 e. The molecule has 1 amide bonds. The smallest absolute Gasteiger partial charge is 0.255 e. The molecular formula is C15H23N3OS. The highest BCUT2D eigenvalue weighted by atomic mass is 32.2. The maximum atomic E-state index is 12.5. The Labute approximate surface area is 125 Å².